The third-order valence-electron chi connectivity index (χ3n) is 4.60. The molecule has 0 aliphatic carbocycles. The summed E-state index contributed by atoms with van der Waals surface area (Å²) >= 11 is 6.54. The number of carbonyl (C=O) groups excluding carboxylic acids is 1. The summed E-state index contributed by atoms with van der Waals surface area (Å²) in [6.07, 6.45) is 3.79. The first-order valence-electron chi connectivity index (χ1n) is 9.35. The number of urea groups is 1. The average Bonchev–Trinajstić information content (AvgIpc) is 3.21. The highest BCUT2D eigenvalue weighted by Crippen LogP contribution is 2.25. The molecule has 176 valence electrons. The van der Waals surface area contributed by atoms with Crippen LogP contribution in [0.4, 0.5) is 10.5 Å². The fourth-order valence-electron chi connectivity index (χ4n) is 3.00. The molecule has 3 heterocycles. The van der Waals surface area contributed by atoms with Crippen LogP contribution in [-0.2, 0) is 19.9 Å². The number of amides is 2. The first-order chi connectivity index (χ1) is 15.9. The van der Waals surface area contributed by atoms with Crippen molar-refractivity contribution < 1.29 is 21.6 Å². The third kappa shape index (κ3) is 4.97. The summed E-state index contributed by atoms with van der Waals surface area (Å²) in [5, 5.41) is 3.12. The molecule has 34 heavy (non-hydrogen) atoms. The van der Waals surface area contributed by atoms with Crippen LogP contribution < -0.4 is 15.6 Å². The van der Waals surface area contributed by atoms with E-state index in [-0.39, 0.29) is 30.3 Å². The van der Waals surface area contributed by atoms with E-state index in [1.54, 1.807) is 12.1 Å². The van der Waals surface area contributed by atoms with Crippen LogP contribution in [0.2, 0.25) is 4.34 Å². The van der Waals surface area contributed by atoms with E-state index >= 15 is 0 Å². The molecule has 0 aliphatic rings. The number of anilines is 1. The number of thiophene rings is 1. The van der Waals surface area contributed by atoms with Crippen LogP contribution in [0, 0.1) is 0 Å². The summed E-state index contributed by atoms with van der Waals surface area (Å²) in [5.41, 5.74) is -0.302. The predicted octanol–water partition coefficient (Wildman–Crippen LogP) is 3.01. The van der Waals surface area contributed by atoms with E-state index in [0.717, 1.165) is 17.6 Å². The van der Waals surface area contributed by atoms with Gasteiger partial charge in [0.1, 0.15) is 10.0 Å². The zero-order chi connectivity index (χ0) is 24.7. The lowest BCUT2D eigenvalue weighted by Gasteiger charge is -2.10. The van der Waals surface area contributed by atoms with Gasteiger partial charge in [-0.3, -0.25) is 9.36 Å². The Kier molecular flexibility index (Phi) is 6.20. The van der Waals surface area contributed by atoms with E-state index in [0.29, 0.717) is 5.39 Å². The maximum Gasteiger partial charge on any atom is 0.333 e. The van der Waals surface area contributed by atoms with Crippen molar-refractivity contribution in [3.8, 4) is 5.82 Å². The number of pyridine rings is 2. The summed E-state index contributed by atoms with van der Waals surface area (Å²) in [6.45, 7) is 0. The molecule has 0 spiro atoms. The number of aromatic nitrogens is 2. The van der Waals surface area contributed by atoms with Gasteiger partial charge in [0.05, 0.1) is 21.1 Å². The maximum atomic E-state index is 12.9. The molecule has 0 bridgehead atoms. The number of sulfone groups is 1. The van der Waals surface area contributed by atoms with Crippen LogP contribution in [0.15, 0.2) is 74.8 Å². The quantitative estimate of drug-likeness (QED) is 0.397. The molecule has 10 nitrogen and oxygen atoms in total. The van der Waals surface area contributed by atoms with Crippen molar-refractivity contribution in [1.82, 2.24) is 14.3 Å². The minimum Gasteiger partial charge on any atom is -0.306 e. The number of hydrogen-bond acceptors (Lipinski definition) is 8. The van der Waals surface area contributed by atoms with Gasteiger partial charge < -0.3 is 5.32 Å². The van der Waals surface area contributed by atoms with Crippen molar-refractivity contribution in [1.29, 1.82) is 0 Å². The van der Waals surface area contributed by atoms with E-state index in [4.69, 9.17) is 11.6 Å². The molecule has 1 aromatic carbocycles. The molecule has 0 aliphatic heterocycles. The minimum atomic E-state index is -4.09. The topological polar surface area (TPSA) is 144 Å². The van der Waals surface area contributed by atoms with Gasteiger partial charge in [-0.1, -0.05) is 17.7 Å². The molecule has 3 aromatic heterocycles. The highest BCUT2D eigenvalue weighted by Gasteiger charge is 2.20. The normalized spacial score (nSPS) is 11.9. The van der Waals surface area contributed by atoms with Crippen molar-refractivity contribution in [2.75, 3.05) is 11.6 Å². The Morgan fingerprint density at radius 3 is 2.44 bits per heavy atom. The number of sulfonamides is 1. The van der Waals surface area contributed by atoms with Gasteiger partial charge in [0, 0.05) is 17.8 Å². The summed E-state index contributed by atoms with van der Waals surface area (Å²) in [4.78, 5) is 29.2. The molecule has 4 rings (SSSR count). The maximum absolute atomic E-state index is 12.9. The Morgan fingerprint density at radius 1 is 1.06 bits per heavy atom. The summed E-state index contributed by atoms with van der Waals surface area (Å²) < 4.78 is 51.3. The Morgan fingerprint density at radius 2 is 1.82 bits per heavy atom. The molecule has 0 fully saturated rings. The average molecular weight is 539 g/mol. The molecular formula is C20H15ClN4O6S3. The number of halogens is 1. The highest BCUT2D eigenvalue weighted by atomic mass is 35.5. The predicted molar refractivity (Wildman–Crippen MR) is 129 cm³/mol. The second-order valence-electron chi connectivity index (χ2n) is 7.04. The van der Waals surface area contributed by atoms with E-state index in [1.807, 2.05) is 4.72 Å². The lowest BCUT2D eigenvalue weighted by Crippen LogP contribution is -2.34. The van der Waals surface area contributed by atoms with Crippen molar-refractivity contribution in [2.24, 2.45) is 0 Å². The van der Waals surface area contributed by atoms with Crippen LogP contribution in [0.3, 0.4) is 0 Å². The van der Waals surface area contributed by atoms with Crippen LogP contribution in [0.5, 0.6) is 0 Å². The van der Waals surface area contributed by atoms with Gasteiger partial charge in [0.15, 0.2) is 9.84 Å². The van der Waals surface area contributed by atoms with Crippen molar-refractivity contribution >= 4 is 65.3 Å². The van der Waals surface area contributed by atoms with Crippen LogP contribution in [-0.4, -0.2) is 38.7 Å². The fourth-order valence-corrected chi connectivity index (χ4v) is 6.04. The van der Waals surface area contributed by atoms with Gasteiger partial charge in [-0.2, -0.15) is 0 Å². The Hall–Kier alpha value is -3.26. The number of fused-ring (bicyclic) bond motifs is 1. The standard InChI is InChI=1S/C20H15ClN4O6S3/c1-33(28,29)14-4-2-12-8-9-25(19(26)15(12)10-14)17-6-3-13(11-22-17)23-20(27)24-34(30,31)18-7-5-16(21)32-18/h2-11H,1H3,(H2,23,24,27). The van der Waals surface area contributed by atoms with E-state index < -0.39 is 31.5 Å². The summed E-state index contributed by atoms with van der Waals surface area (Å²) in [7, 11) is -7.58. The zero-order valence-electron chi connectivity index (χ0n) is 17.2. The van der Waals surface area contributed by atoms with Crippen molar-refractivity contribution in [3.05, 3.63) is 75.6 Å². The molecule has 0 unspecified atom stereocenters. The van der Waals surface area contributed by atoms with Crippen LogP contribution in [0.25, 0.3) is 16.6 Å². The van der Waals surface area contributed by atoms with Crippen molar-refractivity contribution in [3.63, 3.8) is 0 Å². The molecule has 2 N–H and O–H groups in total. The number of rotatable bonds is 5. The minimum absolute atomic E-state index is 0.0214. The van der Waals surface area contributed by atoms with Crippen LogP contribution in [0.1, 0.15) is 0 Å². The van der Waals surface area contributed by atoms with E-state index in [2.05, 4.69) is 10.3 Å². The molecule has 0 saturated heterocycles. The van der Waals surface area contributed by atoms with Gasteiger partial charge in [-0.15, -0.1) is 11.3 Å². The van der Waals surface area contributed by atoms with Gasteiger partial charge in [0.2, 0.25) is 0 Å². The second kappa shape index (κ2) is 8.83. The SMILES string of the molecule is CS(=O)(=O)c1ccc2ccn(-c3ccc(NC(=O)NS(=O)(=O)c4ccc(Cl)s4)cn3)c(=O)c2c1. The van der Waals surface area contributed by atoms with Gasteiger partial charge in [0.25, 0.3) is 15.6 Å². The molecule has 0 saturated carbocycles. The first kappa shape index (κ1) is 23.9. The van der Waals surface area contributed by atoms with Gasteiger partial charge in [-0.25, -0.2) is 31.3 Å². The monoisotopic (exact) mass is 538 g/mol. The van der Waals surface area contributed by atoms with Crippen molar-refractivity contribution in [2.45, 2.75) is 9.10 Å². The first-order valence-corrected chi connectivity index (χ1v) is 13.9. The fraction of sp³-hybridized carbons (Fsp3) is 0.0500. The molecule has 4 aromatic rings. The number of nitrogens with one attached hydrogen (secondary N) is 2. The van der Waals surface area contributed by atoms with Gasteiger partial charge >= 0.3 is 6.03 Å². The third-order valence-corrected chi connectivity index (χ3v) is 8.76. The molecule has 2 amide bonds. The number of benzene rings is 1. The molecule has 14 heteroatoms. The van der Waals surface area contributed by atoms with E-state index in [1.165, 1.54) is 53.4 Å². The lowest BCUT2D eigenvalue weighted by molar-refractivity contribution is 0.256. The number of carbonyl (C=O) groups is 1. The second-order valence-corrected chi connectivity index (χ2v) is 12.7. The molecule has 0 atom stereocenters. The van der Waals surface area contributed by atoms with Crippen LogP contribution >= 0.6 is 22.9 Å². The summed E-state index contributed by atoms with van der Waals surface area (Å²) in [6, 6.07) is 10.5. The zero-order valence-corrected chi connectivity index (χ0v) is 20.4. The largest absolute Gasteiger partial charge is 0.333 e. The summed E-state index contributed by atoms with van der Waals surface area (Å²) in [5.74, 6) is 0.212. The van der Waals surface area contributed by atoms with E-state index in [9.17, 15) is 26.4 Å². The number of nitrogens with zero attached hydrogens (tertiary/aromatic N) is 2. The smallest absolute Gasteiger partial charge is 0.306 e. The Balaban J connectivity index is 1.56. The van der Waals surface area contributed by atoms with Gasteiger partial charge in [-0.05, 0) is 47.9 Å². The number of hydrogen-bond donors (Lipinski definition) is 2. The Bertz CT molecular complexity index is 1690. The molecule has 0 radical (unpaired) electrons. The molecular weight excluding hydrogens is 524 g/mol. The Labute approximate surface area is 202 Å². The highest BCUT2D eigenvalue weighted by molar-refractivity contribution is 7.92. The lowest BCUT2D eigenvalue weighted by atomic mass is 10.2.